The first kappa shape index (κ1) is 20.6. The average Bonchev–Trinajstić information content (AvgIpc) is 3.00. The Labute approximate surface area is 162 Å². The van der Waals surface area contributed by atoms with Crippen molar-refractivity contribution >= 4 is 41.7 Å². The Morgan fingerprint density at radius 1 is 1.30 bits per heavy atom. The lowest BCUT2D eigenvalue weighted by atomic mass is 9.99. The molecule has 1 aliphatic heterocycles. The molecule has 130 valence electrons. The monoisotopic (exact) mass is 447 g/mol. The second-order valence-electron chi connectivity index (χ2n) is 5.96. The lowest BCUT2D eigenvalue weighted by Gasteiger charge is -2.21. The van der Waals surface area contributed by atoms with Crippen molar-refractivity contribution in [3.8, 4) is 0 Å². The predicted molar refractivity (Wildman–Crippen MR) is 114 cm³/mol. The van der Waals surface area contributed by atoms with Crippen LogP contribution in [0.2, 0.25) is 0 Å². The highest BCUT2D eigenvalue weighted by Crippen LogP contribution is 2.20. The van der Waals surface area contributed by atoms with Crippen LogP contribution in [0.15, 0.2) is 35.3 Å². The highest BCUT2D eigenvalue weighted by molar-refractivity contribution is 14.0. The maximum absolute atomic E-state index is 4.46. The number of likely N-dealkylation sites (tertiary alicyclic amines) is 1. The van der Waals surface area contributed by atoms with E-state index >= 15 is 0 Å². The smallest absolute Gasteiger partial charge is 0.193 e. The van der Waals surface area contributed by atoms with Gasteiger partial charge in [-0.15, -0.1) is 24.0 Å². The molecule has 0 radical (unpaired) electrons. The van der Waals surface area contributed by atoms with E-state index in [2.05, 4.69) is 51.8 Å². The van der Waals surface area contributed by atoms with Crippen molar-refractivity contribution in [3.63, 3.8) is 0 Å². The number of guanidine groups is 1. The van der Waals surface area contributed by atoms with E-state index in [1.54, 1.807) is 0 Å². The number of halogens is 1. The van der Waals surface area contributed by atoms with Crippen LogP contribution in [0.4, 0.5) is 0 Å². The second-order valence-corrected chi connectivity index (χ2v) is 6.95. The molecular weight excluding hydrogens is 417 g/mol. The van der Waals surface area contributed by atoms with Gasteiger partial charge in [0.25, 0.3) is 0 Å². The third-order valence-corrected chi connectivity index (χ3v) is 4.92. The molecule has 2 rings (SSSR count). The van der Waals surface area contributed by atoms with Crippen molar-refractivity contribution in [2.75, 3.05) is 38.7 Å². The summed E-state index contributed by atoms with van der Waals surface area (Å²) in [7, 11) is 1.90. The third kappa shape index (κ3) is 7.33. The van der Waals surface area contributed by atoms with Crippen LogP contribution in [0.1, 0.15) is 24.8 Å². The number of hydrogen-bond donors (Lipinski definition) is 1. The third-order valence-electron chi connectivity index (χ3n) is 4.22. The number of thioether (sulfide) groups is 1. The maximum atomic E-state index is 4.46. The van der Waals surface area contributed by atoms with Crippen LogP contribution in [0.25, 0.3) is 0 Å². The number of nitrogens with zero attached hydrogens (tertiary/aromatic N) is 2. The minimum atomic E-state index is 0. The van der Waals surface area contributed by atoms with Crippen LogP contribution >= 0.6 is 35.7 Å². The van der Waals surface area contributed by atoms with E-state index in [1.807, 2.05) is 18.8 Å². The molecule has 1 N–H and O–H groups in total. The zero-order valence-electron chi connectivity index (χ0n) is 14.3. The Balaban J connectivity index is 0.00000264. The summed E-state index contributed by atoms with van der Waals surface area (Å²) in [6.45, 7) is 3.29. The molecule has 0 aliphatic carbocycles. The molecule has 1 fully saturated rings. The van der Waals surface area contributed by atoms with Gasteiger partial charge < -0.3 is 10.2 Å². The van der Waals surface area contributed by atoms with Gasteiger partial charge in [0.15, 0.2) is 5.96 Å². The van der Waals surface area contributed by atoms with Gasteiger partial charge in [0.05, 0.1) is 0 Å². The molecule has 3 nitrogen and oxygen atoms in total. The van der Waals surface area contributed by atoms with Crippen LogP contribution in [0, 0.1) is 5.92 Å². The lowest BCUT2D eigenvalue weighted by molar-refractivity contribution is 0.459. The predicted octanol–water partition coefficient (Wildman–Crippen LogP) is 3.89. The summed E-state index contributed by atoms with van der Waals surface area (Å²) in [5.74, 6) is 3.08. The number of hydrogen-bond acceptors (Lipinski definition) is 2. The molecule has 1 aliphatic rings. The number of aliphatic imine (C=N–C) groups is 1. The molecule has 1 aromatic carbocycles. The van der Waals surface area contributed by atoms with E-state index in [0.717, 1.165) is 31.5 Å². The first-order chi connectivity index (χ1) is 10.8. The standard InChI is InChI=1S/C18H29N3S.HI/c1-19-18(20-11-6-7-13-22-2)21-12-10-17(15-21)14-16-8-4-3-5-9-16;/h3-5,8-9,17H,6-7,10-15H2,1-2H3,(H,19,20);1H. The molecule has 5 heteroatoms. The van der Waals surface area contributed by atoms with E-state index in [-0.39, 0.29) is 24.0 Å². The van der Waals surface area contributed by atoms with Crippen molar-refractivity contribution < 1.29 is 0 Å². The number of rotatable bonds is 7. The summed E-state index contributed by atoms with van der Waals surface area (Å²) in [5.41, 5.74) is 1.45. The zero-order chi connectivity index (χ0) is 15.6. The van der Waals surface area contributed by atoms with Gasteiger partial charge in [-0.3, -0.25) is 4.99 Å². The van der Waals surface area contributed by atoms with E-state index in [4.69, 9.17) is 0 Å². The van der Waals surface area contributed by atoms with E-state index in [1.165, 1.54) is 37.0 Å². The van der Waals surface area contributed by atoms with Gasteiger partial charge in [-0.25, -0.2) is 0 Å². The Bertz CT molecular complexity index is 453. The SMILES string of the molecule is CN=C(NCCCCSC)N1CCC(Cc2ccccc2)C1.I. The normalized spacial score (nSPS) is 17.9. The van der Waals surface area contributed by atoms with Crippen molar-refractivity contribution in [1.82, 2.24) is 10.2 Å². The number of unbranched alkanes of at least 4 members (excludes halogenated alkanes) is 1. The molecule has 0 aromatic heterocycles. The van der Waals surface area contributed by atoms with E-state index in [0.29, 0.717) is 0 Å². The molecular formula is C18H30IN3S. The summed E-state index contributed by atoms with van der Waals surface area (Å²) in [6, 6.07) is 10.8. The molecule has 1 aromatic rings. The molecule has 0 spiro atoms. The van der Waals surface area contributed by atoms with Crippen molar-refractivity contribution in [2.24, 2.45) is 10.9 Å². The number of benzene rings is 1. The van der Waals surface area contributed by atoms with Crippen LogP contribution in [-0.2, 0) is 6.42 Å². The van der Waals surface area contributed by atoms with E-state index in [9.17, 15) is 0 Å². The Hall–Kier alpha value is -0.430. The first-order valence-electron chi connectivity index (χ1n) is 8.32. The van der Waals surface area contributed by atoms with Crippen LogP contribution in [0.3, 0.4) is 0 Å². The Morgan fingerprint density at radius 3 is 2.78 bits per heavy atom. The topological polar surface area (TPSA) is 27.6 Å². The van der Waals surface area contributed by atoms with Gasteiger partial charge in [-0.05, 0) is 49.2 Å². The Kier molecular flexibility index (Phi) is 10.8. The molecule has 23 heavy (non-hydrogen) atoms. The zero-order valence-corrected chi connectivity index (χ0v) is 17.5. The van der Waals surface area contributed by atoms with Crippen LogP contribution in [-0.4, -0.2) is 49.6 Å². The lowest BCUT2D eigenvalue weighted by Crippen LogP contribution is -2.40. The molecule has 0 bridgehead atoms. The van der Waals surface area contributed by atoms with Crippen molar-refractivity contribution in [3.05, 3.63) is 35.9 Å². The summed E-state index contributed by atoms with van der Waals surface area (Å²) in [4.78, 5) is 6.87. The van der Waals surface area contributed by atoms with Crippen LogP contribution in [0.5, 0.6) is 0 Å². The fraction of sp³-hybridized carbons (Fsp3) is 0.611. The fourth-order valence-corrected chi connectivity index (χ4v) is 3.54. The molecule has 1 saturated heterocycles. The van der Waals surface area contributed by atoms with Crippen molar-refractivity contribution in [2.45, 2.75) is 25.7 Å². The first-order valence-corrected chi connectivity index (χ1v) is 9.71. The highest BCUT2D eigenvalue weighted by atomic mass is 127. The summed E-state index contributed by atoms with van der Waals surface area (Å²) < 4.78 is 0. The Morgan fingerprint density at radius 2 is 2.09 bits per heavy atom. The van der Waals surface area contributed by atoms with Gasteiger partial charge >= 0.3 is 0 Å². The molecule has 0 amide bonds. The summed E-state index contributed by atoms with van der Waals surface area (Å²) in [5, 5.41) is 3.52. The minimum absolute atomic E-state index is 0. The molecule has 1 heterocycles. The fourth-order valence-electron chi connectivity index (χ4n) is 3.04. The maximum Gasteiger partial charge on any atom is 0.193 e. The number of nitrogens with one attached hydrogen (secondary N) is 1. The van der Waals surface area contributed by atoms with Gasteiger partial charge in [-0.1, -0.05) is 30.3 Å². The van der Waals surface area contributed by atoms with Gasteiger partial charge in [0, 0.05) is 26.7 Å². The average molecular weight is 447 g/mol. The van der Waals surface area contributed by atoms with E-state index < -0.39 is 0 Å². The van der Waals surface area contributed by atoms with Gasteiger partial charge in [-0.2, -0.15) is 11.8 Å². The minimum Gasteiger partial charge on any atom is -0.356 e. The quantitative estimate of drug-likeness (QED) is 0.298. The summed E-state index contributed by atoms with van der Waals surface area (Å²) >= 11 is 1.92. The summed E-state index contributed by atoms with van der Waals surface area (Å²) in [6.07, 6.45) is 7.12. The largest absolute Gasteiger partial charge is 0.356 e. The van der Waals surface area contributed by atoms with Crippen molar-refractivity contribution in [1.29, 1.82) is 0 Å². The van der Waals surface area contributed by atoms with Gasteiger partial charge in [0.2, 0.25) is 0 Å². The second kappa shape index (κ2) is 12.0. The molecule has 1 atom stereocenters. The molecule has 1 unspecified atom stereocenters. The molecule has 0 saturated carbocycles. The van der Waals surface area contributed by atoms with Gasteiger partial charge in [0.1, 0.15) is 0 Å². The van der Waals surface area contributed by atoms with Crippen LogP contribution < -0.4 is 5.32 Å². The highest BCUT2D eigenvalue weighted by Gasteiger charge is 2.24.